The average molecular weight is 498 g/mol. The van der Waals surface area contributed by atoms with Crippen LogP contribution in [-0.2, 0) is 16.4 Å². The molecule has 3 rings (SSSR count). The summed E-state index contributed by atoms with van der Waals surface area (Å²) >= 11 is 6.70. The van der Waals surface area contributed by atoms with Gasteiger partial charge in [-0.3, -0.25) is 5.21 Å². The Morgan fingerprint density at radius 3 is 2.50 bits per heavy atom. The summed E-state index contributed by atoms with van der Waals surface area (Å²) in [4.78, 5) is 14.2. The molecule has 1 atom stereocenters. The van der Waals surface area contributed by atoms with E-state index in [-0.39, 0.29) is 23.7 Å². The maximum atomic E-state index is 14.0. The predicted octanol–water partition coefficient (Wildman–Crippen LogP) is 3.90. The predicted molar refractivity (Wildman–Crippen MR) is 125 cm³/mol. The third-order valence-corrected chi connectivity index (χ3v) is 8.04. The molecule has 0 saturated carbocycles. The standard InChI is InChI=1S/C21H24FN3O4S3/c1-14-8-10-16(11-9-14)32(28,29)23-19(26)25(27)18-21(2,3)31-20(30)24(18)13-12-15-6-4-5-7-17(15)22/h4-11,18,27H,12-13H2,1-3H3,(H,23,26)/t18-/m1/s1. The number of halogens is 1. The van der Waals surface area contributed by atoms with Crippen LogP contribution < -0.4 is 4.72 Å². The summed E-state index contributed by atoms with van der Waals surface area (Å²) in [5.41, 5.74) is 1.34. The number of benzene rings is 2. The molecule has 0 radical (unpaired) electrons. The minimum Gasteiger partial charge on any atom is -0.333 e. The molecule has 172 valence electrons. The number of hydrogen-bond donors (Lipinski definition) is 2. The van der Waals surface area contributed by atoms with Crippen molar-refractivity contribution in [1.29, 1.82) is 0 Å². The normalized spacial score (nSPS) is 18.0. The molecule has 32 heavy (non-hydrogen) atoms. The number of carbonyl (C=O) groups is 1. The number of rotatable bonds is 6. The van der Waals surface area contributed by atoms with E-state index in [0.29, 0.717) is 14.9 Å². The molecule has 1 fully saturated rings. The summed E-state index contributed by atoms with van der Waals surface area (Å²) in [6.07, 6.45) is -0.670. The van der Waals surface area contributed by atoms with Gasteiger partial charge in [-0.25, -0.2) is 22.3 Å². The molecule has 0 aliphatic carbocycles. The number of thiocarbonyl (C=S) groups is 1. The first-order chi connectivity index (χ1) is 14.9. The van der Waals surface area contributed by atoms with Gasteiger partial charge in [0.05, 0.1) is 9.64 Å². The zero-order valence-electron chi connectivity index (χ0n) is 17.8. The first-order valence-electron chi connectivity index (χ1n) is 9.77. The molecule has 1 saturated heterocycles. The Kier molecular flexibility index (Phi) is 7.13. The van der Waals surface area contributed by atoms with Crippen LogP contribution in [0.3, 0.4) is 0 Å². The van der Waals surface area contributed by atoms with Gasteiger partial charge in [-0.2, -0.15) is 5.06 Å². The second kappa shape index (κ2) is 9.34. The topological polar surface area (TPSA) is 90.0 Å². The summed E-state index contributed by atoms with van der Waals surface area (Å²) in [5, 5.41) is 11.1. The van der Waals surface area contributed by atoms with Crippen molar-refractivity contribution in [2.24, 2.45) is 0 Å². The van der Waals surface area contributed by atoms with Crippen molar-refractivity contribution < 1.29 is 22.8 Å². The van der Waals surface area contributed by atoms with E-state index in [2.05, 4.69) is 0 Å². The minimum absolute atomic E-state index is 0.100. The highest BCUT2D eigenvalue weighted by atomic mass is 32.2. The van der Waals surface area contributed by atoms with E-state index in [4.69, 9.17) is 12.2 Å². The number of nitrogens with zero attached hydrogens (tertiary/aromatic N) is 2. The van der Waals surface area contributed by atoms with Crippen LogP contribution in [0.25, 0.3) is 0 Å². The quantitative estimate of drug-likeness (QED) is 0.355. The first kappa shape index (κ1) is 24.4. The molecule has 7 nitrogen and oxygen atoms in total. The number of urea groups is 1. The zero-order valence-corrected chi connectivity index (χ0v) is 20.2. The van der Waals surface area contributed by atoms with Crippen molar-refractivity contribution in [2.75, 3.05) is 6.54 Å². The number of carbonyl (C=O) groups excluding carboxylic acids is 1. The molecule has 11 heteroatoms. The Labute approximate surface area is 196 Å². The van der Waals surface area contributed by atoms with E-state index < -0.39 is 27.0 Å². The molecule has 1 heterocycles. The maximum absolute atomic E-state index is 14.0. The Hall–Kier alpha value is -2.21. The average Bonchev–Trinajstić information content (AvgIpc) is 2.94. The van der Waals surface area contributed by atoms with Gasteiger partial charge in [0.25, 0.3) is 10.0 Å². The van der Waals surface area contributed by atoms with Crippen LogP contribution in [0.4, 0.5) is 9.18 Å². The summed E-state index contributed by atoms with van der Waals surface area (Å²) in [5.74, 6) is -0.358. The summed E-state index contributed by atoms with van der Waals surface area (Å²) in [7, 11) is -4.19. The van der Waals surface area contributed by atoms with E-state index in [0.717, 1.165) is 5.56 Å². The lowest BCUT2D eigenvalue weighted by molar-refractivity contribution is -0.116. The third-order valence-electron chi connectivity index (χ3n) is 5.07. The highest BCUT2D eigenvalue weighted by Crippen LogP contribution is 2.42. The summed E-state index contributed by atoms with van der Waals surface area (Å²) < 4.78 is 40.7. The lowest BCUT2D eigenvalue weighted by Crippen LogP contribution is -2.57. The second-order valence-electron chi connectivity index (χ2n) is 7.95. The fourth-order valence-corrected chi connectivity index (χ4v) is 6.30. The summed E-state index contributed by atoms with van der Waals surface area (Å²) in [6.45, 7) is 5.60. The zero-order chi connectivity index (χ0) is 23.7. The molecule has 2 N–H and O–H groups in total. The summed E-state index contributed by atoms with van der Waals surface area (Å²) in [6, 6.07) is 11.1. The van der Waals surface area contributed by atoms with Crippen LogP contribution in [0.15, 0.2) is 53.4 Å². The number of hydrogen-bond acceptors (Lipinski definition) is 6. The molecule has 0 aromatic heterocycles. The van der Waals surface area contributed by atoms with Crippen LogP contribution in [0.2, 0.25) is 0 Å². The number of amides is 2. The van der Waals surface area contributed by atoms with Gasteiger partial charge in [-0.05, 0) is 51.0 Å². The molecular formula is C21H24FN3O4S3. The van der Waals surface area contributed by atoms with Crippen molar-refractivity contribution >= 4 is 44.4 Å². The van der Waals surface area contributed by atoms with E-state index >= 15 is 0 Å². The van der Waals surface area contributed by atoms with Crippen molar-refractivity contribution in [1.82, 2.24) is 14.7 Å². The van der Waals surface area contributed by atoms with Gasteiger partial charge in [-0.15, -0.1) is 0 Å². The molecule has 2 amide bonds. The Bertz CT molecular complexity index is 1120. The molecule has 0 spiro atoms. The highest BCUT2D eigenvalue weighted by Gasteiger charge is 2.49. The van der Waals surface area contributed by atoms with Gasteiger partial charge >= 0.3 is 6.03 Å². The largest absolute Gasteiger partial charge is 0.357 e. The fourth-order valence-electron chi connectivity index (χ4n) is 3.44. The molecule has 1 aliphatic heterocycles. The second-order valence-corrected chi connectivity index (χ2v) is 11.9. The molecule has 0 unspecified atom stereocenters. The molecule has 1 aliphatic rings. The van der Waals surface area contributed by atoms with Crippen LogP contribution in [0.5, 0.6) is 0 Å². The SMILES string of the molecule is Cc1ccc(S(=O)(=O)NC(=O)N(O)[C@H]2N(CCc3ccccc3F)C(=S)SC2(C)C)cc1. The highest BCUT2D eigenvalue weighted by molar-refractivity contribution is 8.24. The molecule has 0 bridgehead atoms. The van der Waals surface area contributed by atoms with E-state index in [1.165, 1.54) is 30.0 Å². The first-order valence-corrected chi connectivity index (χ1v) is 12.5. The van der Waals surface area contributed by atoms with Crippen LogP contribution in [-0.4, -0.2) is 51.4 Å². The lowest BCUT2D eigenvalue weighted by atomic mass is 10.1. The van der Waals surface area contributed by atoms with Crippen molar-refractivity contribution in [3.05, 3.63) is 65.5 Å². The van der Waals surface area contributed by atoms with Gasteiger partial charge in [-0.1, -0.05) is 59.9 Å². The minimum atomic E-state index is -4.19. The lowest BCUT2D eigenvalue weighted by Gasteiger charge is -2.36. The van der Waals surface area contributed by atoms with Crippen LogP contribution in [0.1, 0.15) is 25.0 Å². The van der Waals surface area contributed by atoms with Crippen LogP contribution >= 0.6 is 24.0 Å². The third kappa shape index (κ3) is 5.22. The number of hydroxylamine groups is 2. The molecule has 2 aromatic carbocycles. The number of aryl methyl sites for hydroxylation is 1. The van der Waals surface area contributed by atoms with E-state index in [1.807, 2.05) is 11.6 Å². The Morgan fingerprint density at radius 1 is 1.25 bits per heavy atom. The van der Waals surface area contributed by atoms with Crippen molar-refractivity contribution in [3.8, 4) is 0 Å². The van der Waals surface area contributed by atoms with Gasteiger partial charge in [0.2, 0.25) is 0 Å². The van der Waals surface area contributed by atoms with Gasteiger partial charge < -0.3 is 4.90 Å². The number of thioether (sulfide) groups is 1. The van der Waals surface area contributed by atoms with E-state index in [9.17, 15) is 22.8 Å². The Balaban J connectivity index is 1.78. The number of nitrogens with one attached hydrogen (secondary N) is 1. The fraction of sp³-hybridized carbons (Fsp3) is 0.333. The molecule has 2 aromatic rings. The van der Waals surface area contributed by atoms with Crippen molar-refractivity contribution in [3.63, 3.8) is 0 Å². The van der Waals surface area contributed by atoms with Gasteiger partial charge in [0.15, 0.2) is 0 Å². The van der Waals surface area contributed by atoms with Gasteiger partial charge in [0.1, 0.15) is 16.3 Å². The Morgan fingerprint density at radius 2 is 1.88 bits per heavy atom. The molecular weight excluding hydrogens is 473 g/mol. The van der Waals surface area contributed by atoms with Gasteiger partial charge in [0, 0.05) is 6.54 Å². The monoisotopic (exact) mass is 497 g/mol. The van der Waals surface area contributed by atoms with Crippen molar-refractivity contribution in [2.45, 2.75) is 43.0 Å². The number of sulfonamides is 1. The van der Waals surface area contributed by atoms with Crippen LogP contribution in [0, 0.1) is 12.7 Å². The maximum Gasteiger partial charge on any atom is 0.357 e. The van der Waals surface area contributed by atoms with E-state index in [1.54, 1.807) is 49.1 Å². The smallest absolute Gasteiger partial charge is 0.333 e.